The molecule has 0 spiro atoms. The smallest absolute Gasteiger partial charge is 0.329 e. The summed E-state index contributed by atoms with van der Waals surface area (Å²) < 4.78 is 5.28. The van der Waals surface area contributed by atoms with Crippen LogP contribution in [0.1, 0.15) is 13.8 Å². The molecule has 10 heteroatoms. The molecule has 1 unspecified atom stereocenters. The Labute approximate surface area is 126 Å². The lowest BCUT2D eigenvalue weighted by atomic mass is 9.95. The van der Waals surface area contributed by atoms with E-state index in [-0.39, 0.29) is 0 Å². The molecule has 1 rings (SSSR count). The molecule has 22 heavy (non-hydrogen) atoms. The van der Waals surface area contributed by atoms with Gasteiger partial charge in [-0.25, -0.2) is 4.79 Å². The van der Waals surface area contributed by atoms with Crippen molar-refractivity contribution in [1.29, 1.82) is 0 Å². The molecule has 0 aromatic carbocycles. The topological polar surface area (TPSA) is 174 Å². The third-order valence-electron chi connectivity index (χ3n) is 3.60. The van der Waals surface area contributed by atoms with Gasteiger partial charge in [-0.3, -0.25) is 9.69 Å². The molecule has 1 heterocycles. The number of carboxylic acid groups (broad SMARTS) is 1. The Balaban J connectivity index is 3.19. The van der Waals surface area contributed by atoms with Gasteiger partial charge in [-0.15, -0.1) is 0 Å². The second kappa shape index (κ2) is 7.31. The van der Waals surface area contributed by atoms with Crippen molar-refractivity contribution < 1.29 is 39.9 Å². The molecule has 0 aromatic heterocycles. The number of hydrogen-bond acceptors (Lipinski definition) is 8. The summed E-state index contributed by atoms with van der Waals surface area (Å²) >= 11 is 0. The first kappa shape index (κ1) is 18.7. The SMILES string of the molecule is CC(=O)N(C1O[C@H](CO)[C@@H](O)[C@H](O)[C@H]1N)[C@H](C(=O)O)[C@@H](C)O. The van der Waals surface area contributed by atoms with E-state index in [1.54, 1.807) is 0 Å². The molecule has 1 fully saturated rings. The van der Waals surface area contributed by atoms with Crippen molar-refractivity contribution in [1.82, 2.24) is 4.90 Å². The fraction of sp³-hybridized carbons (Fsp3) is 0.833. The lowest BCUT2D eigenvalue weighted by Gasteiger charge is -2.46. The maximum atomic E-state index is 11.8. The van der Waals surface area contributed by atoms with Gasteiger partial charge in [0.25, 0.3) is 0 Å². The number of ether oxygens (including phenoxy) is 1. The summed E-state index contributed by atoms with van der Waals surface area (Å²) in [6.07, 6.45) is -7.14. The van der Waals surface area contributed by atoms with Crippen molar-refractivity contribution in [3.8, 4) is 0 Å². The molecular weight excluding hydrogens is 300 g/mol. The number of hydrogen-bond donors (Lipinski definition) is 6. The number of carbonyl (C=O) groups is 2. The number of aliphatic hydroxyl groups excluding tert-OH is 4. The van der Waals surface area contributed by atoms with Crippen LogP contribution in [-0.2, 0) is 14.3 Å². The molecular formula is C12H22N2O8. The lowest BCUT2D eigenvalue weighted by molar-refractivity contribution is -0.235. The Hall–Kier alpha value is -1.30. The Morgan fingerprint density at radius 2 is 1.86 bits per heavy atom. The molecule has 0 saturated carbocycles. The molecule has 0 bridgehead atoms. The van der Waals surface area contributed by atoms with E-state index < -0.39 is 61.2 Å². The van der Waals surface area contributed by atoms with E-state index >= 15 is 0 Å². The first-order chi connectivity index (χ1) is 10.1. The van der Waals surface area contributed by atoms with Gasteiger partial charge in [0.1, 0.15) is 18.3 Å². The van der Waals surface area contributed by atoms with E-state index in [9.17, 15) is 30.0 Å². The number of aliphatic hydroxyl groups is 4. The normalized spacial score (nSPS) is 34.8. The van der Waals surface area contributed by atoms with Gasteiger partial charge in [0.15, 0.2) is 12.3 Å². The number of aliphatic carboxylic acids is 1. The summed E-state index contributed by atoms with van der Waals surface area (Å²) in [6, 6.07) is -2.97. The van der Waals surface area contributed by atoms with Crippen LogP contribution in [-0.4, -0.2) is 91.6 Å². The minimum Gasteiger partial charge on any atom is -0.480 e. The Morgan fingerprint density at radius 3 is 2.23 bits per heavy atom. The average molecular weight is 322 g/mol. The van der Waals surface area contributed by atoms with Gasteiger partial charge in [0, 0.05) is 6.92 Å². The third-order valence-corrected chi connectivity index (χ3v) is 3.60. The van der Waals surface area contributed by atoms with Crippen LogP contribution < -0.4 is 5.73 Å². The summed E-state index contributed by atoms with van der Waals surface area (Å²) in [7, 11) is 0. The molecule has 10 nitrogen and oxygen atoms in total. The van der Waals surface area contributed by atoms with E-state index in [0.717, 1.165) is 6.92 Å². The molecule has 0 aliphatic carbocycles. The fourth-order valence-corrected chi connectivity index (χ4v) is 2.46. The third kappa shape index (κ3) is 3.54. The van der Waals surface area contributed by atoms with Crippen molar-refractivity contribution in [3.63, 3.8) is 0 Å². The van der Waals surface area contributed by atoms with Crippen molar-refractivity contribution in [3.05, 3.63) is 0 Å². The Bertz CT molecular complexity index is 416. The quantitative estimate of drug-likeness (QED) is 0.299. The predicted octanol–water partition coefficient (Wildman–Crippen LogP) is -3.56. The van der Waals surface area contributed by atoms with E-state index in [1.807, 2.05) is 0 Å². The minimum absolute atomic E-state index is 0.667. The van der Waals surface area contributed by atoms with Gasteiger partial charge in [-0.1, -0.05) is 0 Å². The molecule has 0 radical (unpaired) electrons. The maximum absolute atomic E-state index is 11.8. The molecule has 1 amide bonds. The van der Waals surface area contributed by atoms with Gasteiger partial charge in [0.2, 0.25) is 5.91 Å². The van der Waals surface area contributed by atoms with Crippen LogP contribution in [0, 0.1) is 0 Å². The maximum Gasteiger partial charge on any atom is 0.329 e. The molecule has 7 atom stereocenters. The molecule has 1 aliphatic rings. The van der Waals surface area contributed by atoms with Gasteiger partial charge < -0.3 is 36.0 Å². The highest BCUT2D eigenvalue weighted by Crippen LogP contribution is 2.25. The standard InChI is InChI=1S/C12H22N2O8/c1-4(16)8(12(20)21)14(5(2)17)11-7(13)10(19)9(18)6(3-15)22-11/h4,6-11,15-16,18-19H,3,13H2,1-2H3,(H,20,21)/t4-,6-,7-,8+,9-,10-,11?/m1/s1. The van der Waals surface area contributed by atoms with E-state index in [2.05, 4.69) is 0 Å². The Morgan fingerprint density at radius 1 is 1.32 bits per heavy atom. The number of carboxylic acids is 1. The highest BCUT2D eigenvalue weighted by molar-refractivity contribution is 5.83. The number of rotatable bonds is 5. The van der Waals surface area contributed by atoms with Crippen molar-refractivity contribution >= 4 is 11.9 Å². The zero-order chi connectivity index (χ0) is 17.2. The largest absolute Gasteiger partial charge is 0.480 e. The van der Waals surface area contributed by atoms with Gasteiger partial charge >= 0.3 is 5.97 Å². The van der Waals surface area contributed by atoms with Crippen molar-refractivity contribution in [2.45, 2.75) is 56.6 Å². The molecule has 7 N–H and O–H groups in total. The molecule has 1 saturated heterocycles. The second-order valence-corrected chi connectivity index (χ2v) is 5.26. The number of carbonyl (C=O) groups excluding carboxylic acids is 1. The van der Waals surface area contributed by atoms with Crippen molar-refractivity contribution in [2.24, 2.45) is 5.73 Å². The Kier molecular flexibility index (Phi) is 6.23. The van der Waals surface area contributed by atoms with Crippen LogP contribution in [0.3, 0.4) is 0 Å². The summed E-state index contributed by atoms with van der Waals surface area (Å²) in [4.78, 5) is 23.8. The van der Waals surface area contributed by atoms with Crippen LogP contribution in [0.2, 0.25) is 0 Å². The van der Waals surface area contributed by atoms with Crippen LogP contribution in [0.5, 0.6) is 0 Å². The zero-order valence-electron chi connectivity index (χ0n) is 12.2. The van der Waals surface area contributed by atoms with Crippen LogP contribution in [0.15, 0.2) is 0 Å². The van der Waals surface area contributed by atoms with Crippen molar-refractivity contribution in [2.75, 3.05) is 6.61 Å². The highest BCUT2D eigenvalue weighted by Gasteiger charge is 2.49. The van der Waals surface area contributed by atoms with Crippen LogP contribution >= 0.6 is 0 Å². The molecule has 128 valence electrons. The molecule has 1 aliphatic heterocycles. The monoisotopic (exact) mass is 322 g/mol. The summed E-state index contributed by atoms with van der Waals surface area (Å²) in [5, 5.41) is 47.6. The zero-order valence-corrected chi connectivity index (χ0v) is 12.2. The minimum atomic E-state index is -1.66. The fourth-order valence-electron chi connectivity index (χ4n) is 2.46. The lowest BCUT2D eigenvalue weighted by Crippen LogP contribution is -2.69. The predicted molar refractivity (Wildman–Crippen MR) is 71.4 cm³/mol. The van der Waals surface area contributed by atoms with E-state index in [0.29, 0.717) is 4.90 Å². The summed E-state index contributed by atoms with van der Waals surface area (Å²) in [6.45, 7) is 1.57. The van der Waals surface area contributed by atoms with E-state index in [4.69, 9.17) is 15.6 Å². The molecule has 0 aromatic rings. The second-order valence-electron chi connectivity index (χ2n) is 5.26. The van der Waals surface area contributed by atoms with Crippen LogP contribution in [0.25, 0.3) is 0 Å². The summed E-state index contributed by atoms with van der Waals surface area (Å²) in [5.74, 6) is -2.24. The number of amides is 1. The highest BCUT2D eigenvalue weighted by atomic mass is 16.5. The first-order valence-corrected chi connectivity index (χ1v) is 6.71. The van der Waals surface area contributed by atoms with E-state index in [1.165, 1.54) is 6.92 Å². The first-order valence-electron chi connectivity index (χ1n) is 6.71. The number of nitrogens with zero attached hydrogens (tertiary/aromatic N) is 1. The average Bonchev–Trinajstić information content (AvgIpc) is 2.42. The van der Waals surface area contributed by atoms with Gasteiger partial charge in [-0.05, 0) is 6.92 Å². The van der Waals surface area contributed by atoms with Crippen LogP contribution in [0.4, 0.5) is 0 Å². The van der Waals surface area contributed by atoms with Gasteiger partial charge in [-0.2, -0.15) is 0 Å². The number of nitrogens with two attached hydrogens (primary N) is 1. The summed E-state index contributed by atoms with van der Waals surface area (Å²) in [5.41, 5.74) is 5.72. The van der Waals surface area contributed by atoms with Gasteiger partial charge in [0.05, 0.1) is 18.8 Å².